The van der Waals surface area contributed by atoms with Gasteiger partial charge in [0, 0.05) is 31.6 Å². The van der Waals surface area contributed by atoms with E-state index in [4.69, 9.17) is 4.42 Å². The van der Waals surface area contributed by atoms with Gasteiger partial charge in [-0.3, -0.25) is 4.90 Å². The van der Waals surface area contributed by atoms with Gasteiger partial charge >= 0.3 is 0 Å². The van der Waals surface area contributed by atoms with E-state index in [0.29, 0.717) is 24.4 Å². The lowest BCUT2D eigenvalue weighted by Crippen LogP contribution is -2.52. The average molecular weight is 342 g/mol. The molecule has 3 aromatic rings. The summed E-state index contributed by atoms with van der Waals surface area (Å²) in [7, 11) is 0. The van der Waals surface area contributed by atoms with E-state index < -0.39 is 0 Å². The fraction of sp³-hybridized carbons (Fsp3) is 0.562. The zero-order valence-corrected chi connectivity index (χ0v) is 14.7. The number of piperazine rings is 1. The molecule has 4 heterocycles. The Hall–Kier alpha value is -2.55. The van der Waals surface area contributed by atoms with Gasteiger partial charge in [0.25, 0.3) is 0 Å². The number of nitrogens with zero attached hydrogens (tertiary/aromatic N) is 8. The second kappa shape index (κ2) is 6.40. The second-order valence-electron chi connectivity index (χ2n) is 6.79. The van der Waals surface area contributed by atoms with Crippen molar-refractivity contribution >= 4 is 11.5 Å². The van der Waals surface area contributed by atoms with Crippen molar-refractivity contribution in [2.75, 3.05) is 24.5 Å². The number of aromatic nitrogens is 6. The third kappa shape index (κ3) is 3.19. The van der Waals surface area contributed by atoms with E-state index in [1.165, 1.54) is 0 Å². The Morgan fingerprint density at radius 1 is 1.20 bits per heavy atom. The van der Waals surface area contributed by atoms with Crippen LogP contribution in [0.2, 0.25) is 0 Å². The maximum atomic E-state index is 5.73. The van der Waals surface area contributed by atoms with Crippen LogP contribution in [-0.2, 0) is 6.54 Å². The summed E-state index contributed by atoms with van der Waals surface area (Å²) in [4.78, 5) is 4.65. The first kappa shape index (κ1) is 15.9. The maximum Gasteiger partial charge on any atom is 0.230 e. The monoisotopic (exact) mass is 342 g/mol. The van der Waals surface area contributed by atoms with Gasteiger partial charge in [-0.25, -0.2) is 0 Å². The zero-order chi connectivity index (χ0) is 17.4. The lowest BCUT2D eigenvalue weighted by atomic mass is 10.2. The molecule has 1 aliphatic heterocycles. The molecule has 0 bridgehead atoms. The Labute approximate surface area is 145 Å². The fourth-order valence-electron chi connectivity index (χ4n) is 3.14. The molecule has 0 aliphatic carbocycles. The highest BCUT2D eigenvalue weighted by atomic mass is 16.4. The van der Waals surface area contributed by atoms with Crippen molar-refractivity contribution in [3.8, 4) is 0 Å². The van der Waals surface area contributed by atoms with Crippen molar-refractivity contribution in [2.45, 2.75) is 39.3 Å². The van der Waals surface area contributed by atoms with Crippen LogP contribution in [0.1, 0.15) is 38.5 Å². The molecule has 0 unspecified atom stereocenters. The van der Waals surface area contributed by atoms with Gasteiger partial charge in [-0.2, -0.15) is 4.52 Å². The molecule has 3 aromatic heterocycles. The highest BCUT2D eigenvalue weighted by Gasteiger charge is 2.26. The number of hydrogen-bond donors (Lipinski definition) is 0. The summed E-state index contributed by atoms with van der Waals surface area (Å²) in [5.74, 6) is 2.59. The standard InChI is InChI=1S/C16H22N8O/c1-11(2)16-20-19-15(25-16)9-22-6-7-23(12(3)8-22)14-5-4-13-18-17-10-24(13)21-14/h4-5,10-12H,6-9H2,1-3H3/t12-/m0/s1. The highest BCUT2D eigenvalue weighted by molar-refractivity contribution is 5.46. The molecule has 0 N–H and O–H groups in total. The predicted molar refractivity (Wildman–Crippen MR) is 91.3 cm³/mol. The van der Waals surface area contributed by atoms with E-state index in [-0.39, 0.29) is 5.92 Å². The Kier molecular flexibility index (Phi) is 4.08. The van der Waals surface area contributed by atoms with Gasteiger partial charge in [-0.1, -0.05) is 13.8 Å². The van der Waals surface area contributed by atoms with Crippen molar-refractivity contribution < 1.29 is 4.42 Å². The van der Waals surface area contributed by atoms with Gasteiger partial charge in [-0.15, -0.1) is 25.5 Å². The van der Waals surface area contributed by atoms with Gasteiger partial charge < -0.3 is 9.32 Å². The van der Waals surface area contributed by atoms with Crippen LogP contribution in [0.3, 0.4) is 0 Å². The minimum atomic E-state index is 0.260. The lowest BCUT2D eigenvalue weighted by Gasteiger charge is -2.39. The molecule has 9 nitrogen and oxygen atoms in total. The van der Waals surface area contributed by atoms with Crippen molar-refractivity contribution in [2.24, 2.45) is 0 Å². The van der Waals surface area contributed by atoms with Crippen LogP contribution in [0, 0.1) is 0 Å². The van der Waals surface area contributed by atoms with Crippen molar-refractivity contribution in [1.29, 1.82) is 0 Å². The smallest absolute Gasteiger partial charge is 0.230 e. The molecule has 1 saturated heterocycles. The first-order chi connectivity index (χ1) is 12.1. The minimum Gasteiger partial charge on any atom is -0.424 e. The van der Waals surface area contributed by atoms with Crippen LogP contribution >= 0.6 is 0 Å². The van der Waals surface area contributed by atoms with Gasteiger partial charge in [0.1, 0.15) is 12.1 Å². The molecule has 0 amide bonds. The molecule has 1 atom stereocenters. The highest BCUT2D eigenvalue weighted by Crippen LogP contribution is 2.20. The van der Waals surface area contributed by atoms with Crippen molar-refractivity contribution in [3.05, 3.63) is 30.2 Å². The Balaban J connectivity index is 1.42. The zero-order valence-electron chi connectivity index (χ0n) is 14.7. The average Bonchev–Trinajstić information content (AvgIpc) is 3.23. The fourth-order valence-corrected chi connectivity index (χ4v) is 3.14. The minimum absolute atomic E-state index is 0.260. The van der Waals surface area contributed by atoms with E-state index >= 15 is 0 Å². The first-order valence-corrected chi connectivity index (χ1v) is 8.58. The van der Waals surface area contributed by atoms with E-state index in [9.17, 15) is 0 Å². The Morgan fingerprint density at radius 2 is 2.08 bits per heavy atom. The molecule has 4 rings (SSSR count). The van der Waals surface area contributed by atoms with Crippen LogP contribution < -0.4 is 4.90 Å². The SMILES string of the molecule is CC(C)c1nnc(CN2CCN(c3ccc4nncn4n3)[C@@H](C)C2)o1. The quantitative estimate of drug-likeness (QED) is 0.702. The third-order valence-electron chi connectivity index (χ3n) is 4.49. The van der Waals surface area contributed by atoms with E-state index in [2.05, 4.69) is 56.1 Å². The Bertz CT molecular complexity index is 857. The molecule has 132 valence electrons. The van der Waals surface area contributed by atoms with Crippen LogP contribution in [0.4, 0.5) is 5.82 Å². The number of fused-ring (bicyclic) bond motifs is 1. The summed E-state index contributed by atoms with van der Waals surface area (Å²) in [6.07, 6.45) is 1.63. The summed E-state index contributed by atoms with van der Waals surface area (Å²) in [5.41, 5.74) is 0.757. The molecule has 0 spiro atoms. The van der Waals surface area contributed by atoms with E-state index in [0.717, 1.165) is 31.1 Å². The second-order valence-corrected chi connectivity index (χ2v) is 6.79. The van der Waals surface area contributed by atoms with Crippen LogP contribution in [0.25, 0.3) is 5.65 Å². The largest absolute Gasteiger partial charge is 0.424 e. The molecule has 9 heteroatoms. The summed E-state index contributed by atoms with van der Waals surface area (Å²) in [5, 5.41) is 20.7. The van der Waals surface area contributed by atoms with Crippen LogP contribution in [0.5, 0.6) is 0 Å². The Morgan fingerprint density at radius 3 is 2.84 bits per heavy atom. The molecule has 1 fully saturated rings. The normalized spacial score (nSPS) is 19.2. The maximum absolute atomic E-state index is 5.73. The lowest BCUT2D eigenvalue weighted by molar-refractivity contribution is 0.199. The van der Waals surface area contributed by atoms with Gasteiger partial charge in [0.05, 0.1) is 6.54 Å². The molecular formula is C16H22N8O. The molecule has 0 saturated carbocycles. The molecule has 25 heavy (non-hydrogen) atoms. The topological polar surface area (TPSA) is 88.5 Å². The number of rotatable bonds is 4. The van der Waals surface area contributed by atoms with Gasteiger partial charge in [0.15, 0.2) is 5.65 Å². The van der Waals surface area contributed by atoms with Crippen molar-refractivity contribution in [1.82, 2.24) is 34.9 Å². The number of hydrogen-bond acceptors (Lipinski definition) is 8. The van der Waals surface area contributed by atoms with Gasteiger partial charge in [0.2, 0.25) is 11.8 Å². The van der Waals surface area contributed by atoms with E-state index in [1.807, 2.05) is 12.1 Å². The first-order valence-electron chi connectivity index (χ1n) is 8.58. The number of anilines is 1. The molecule has 1 aliphatic rings. The van der Waals surface area contributed by atoms with Crippen LogP contribution in [-0.4, -0.2) is 60.6 Å². The third-order valence-corrected chi connectivity index (χ3v) is 4.49. The van der Waals surface area contributed by atoms with Crippen molar-refractivity contribution in [3.63, 3.8) is 0 Å². The summed E-state index contributed by atoms with van der Waals surface area (Å²) >= 11 is 0. The van der Waals surface area contributed by atoms with Crippen LogP contribution in [0.15, 0.2) is 22.9 Å². The summed E-state index contributed by atoms with van der Waals surface area (Å²) in [6.45, 7) is 9.74. The van der Waals surface area contributed by atoms with E-state index in [1.54, 1.807) is 10.8 Å². The predicted octanol–water partition coefficient (Wildman–Crippen LogP) is 1.34. The van der Waals surface area contributed by atoms with Gasteiger partial charge in [-0.05, 0) is 19.1 Å². The molecule has 0 radical (unpaired) electrons. The summed E-state index contributed by atoms with van der Waals surface area (Å²) < 4.78 is 7.44. The summed E-state index contributed by atoms with van der Waals surface area (Å²) in [6, 6.07) is 4.28. The molecule has 0 aromatic carbocycles. The molecular weight excluding hydrogens is 320 g/mol.